The highest BCUT2D eigenvalue weighted by Gasteiger charge is 2.15. The van der Waals surface area contributed by atoms with Gasteiger partial charge in [-0.15, -0.1) is 0 Å². The van der Waals surface area contributed by atoms with Gasteiger partial charge in [-0.2, -0.15) is 12.6 Å². The molecule has 0 bridgehead atoms. The summed E-state index contributed by atoms with van der Waals surface area (Å²) in [6.07, 6.45) is 2.01. The van der Waals surface area contributed by atoms with E-state index < -0.39 is 0 Å². The molecule has 0 heterocycles. The molecule has 0 aromatic rings. The first kappa shape index (κ1) is 12.6. The second-order valence-corrected chi connectivity index (χ2v) is 4.68. The maximum Gasteiger partial charge on any atom is -0.0167 e. The van der Waals surface area contributed by atoms with E-state index >= 15 is 0 Å². The number of hydrogen-bond acceptors (Lipinski definition) is 1. The third-order valence-corrected chi connectivity index (χ3v) is 2.38. The predicted octanol–water partition coefficient (Wildman–Crippen LogP) is 4.37. The van der Waals surface area contributed by atoms with Crippen molar-refractivity contribution in [2.45, 2.75) is 34.6 Å². The van der Waals surface area contributed by atoms with Crippen molar-refractivity contribution in [1.82, 2.24) is 0 Å². The molecule has 13 heavy (non-hydrogen) atoms. The van der Waals surface area contributed by atoms with E-state index in [9.17, 15) is 0 Å². The molecule has 0 fully saturated rings. The van der Waals surface area contributed by atoms with Crippen molar-refractivity contribution in [3.8, 4) is 0 Å². The Morgan fingerprint density at radius 1 is 1.23 bits per heavy atom. The van der Waals surface area contributed by atoms with Gasteiger partial charge in [0.1, 0.15) is 0 Å². The maximum absolute atomic E-state index is 4.09. The monoisotopic (exact) mass is 196 g/mol. The molecule has 0 N–H and O–H groups in total. The molecule has 0 atom stereocenters. The quantitative estimate of drug-likeness (QED) is 0.492. The number of hydrogen-bond donors (Lipinski definition) is 1. The van der Waals surface area contributed by atoms with Crippen molar-refractivity contribution in [2.75, 3.05) is 0 Å². The molecule has 0 aliphatic heterocycles. The minimum atomic E-state index is 0.196. The van der Waals surface area contributed by atoms with E-state index in [1.807, 2.05) is 13.0 Å². The summed E-state index contributed by atoms with van der Waals surface area (Å²) in [5.41, 5.74) is 3.85. The Morgan fingerprint density at radius 2 is 1.69 bits per heavy atom. The second kappa shape index (κ2) is 4.71. The summed E-state index contributed by atoms with van der Waals surface area (Å²) >= 11 is 4.09. The van der Waals surface area contributed by atoms with Crippen LogP contribution in [0.5, 0.6) is 0 Å². The second-order valence-electron chi connectivity index (χ2n) is 4.38. The van der Waals surface area contributed by atoms with E-state index in [0.717, 1.165) is 5.57 Å². The summed E-state index contributed by atoms with van der Waals surface area (Å²) in [6.45, 7) is 14.8. The molecule has 0 unspecified atom stereocenters. The summed E-state index contributed by atoms with van der Waals surface area (Å²) in [5.74, 6) is 0. The molecule has 0 saturated carbocycles. The Hall–Kier alpha value is -0.430. The van der Waals surface area contributed by atoms with Crippen molar-refractivity contribution in [2.24, 2.45) is 5.41 Å². The first-order chi connectivity index (χ1) is 5.80. The van der Waals surface area contributed by atoms with Gasteiger partial charge in [-0.05, 0) is 36.3 Å². The molecule has 0 nitrogen and oxygen atoms in total. The molecule has 0 saturated heterocycles. The predicted molar refractivity (Wildman–Crippen MR) is 65.1 cm³/mol. The van der Waals surface area contributed by atoms with Crippen LogP contribution in [0.4, 0.5) is 0 Å². The zero-order valence-electron chi connectivity index (χ0n) is 9.31. The molecule has 1 heteroatoms. The summed E-state index contributed by atoms with van der Waals surface area (Å²) in [6, 6.07) is 0. The molecule has 0 aliphatic rings. The normalized spacial score (nSPS) is 14.6. The van der Waals surface area contributed by atoms with Gasteiger partial charge in [-0.3, -0.25) is 0 Å². The number of thiol groups is 1. The van der Waals surface area contributed by atoms with Crippen molar-refractivity contribution in [3.63, 3.8) is 0 Å². The van der Waals surface area contributed by atoms with Crippen LogP contribution in [0.15, 0.2) is 34.8 Å². The van der Waals surface area contributed by atoms with Gasteiger partial charge in [0.25, 0.3) is 0 Å². The van der Waals surface area contributed by atoms with Crippen LogP contribution < -0.4 is 0 Å². The van der Waals surface area contributed by atoms with Gasteiger partial charge >= 0.3 is 0 Å². The lowest BCUT2D eigenvalue weighted by Crippen LogP contribution is -2.09. The maximum atomic E-state index is 4.09. The van der Waals surface area contributed by atoms with Crippen LogP contribution in [0.25, 0.3) is 0 Å². The molecule has 0 spiro atoms. The highest BCUT2D eigenvalue weighted by atomic mass is 32.1. The van der Waals surface area contributed by atoms with Crippen LogP contribution >= 0.6 is 12.6 Å². The van der Waals surface area contributed by atoms with Gasteiger partial charge in [0.2, 0.25) is 0 Å². The molecule has 0 rings (SSSR count). The lowest BCUT2D eigenvalue weighted by atomic mass is 9.83. The Bertz CT molecular complexity index is 249. The Balaban J connectivity index is 5.22. The fourth-order valence-corrected chi connectivity index (χ4v) is 1.21. The SMILES string of the molecule is C=C(C)C(/C=C\S)=C(/C)C(C)(C)C. The fourth-order valence-electron chi connectivity index (χ4n) is 1.07. The van der Waals surface area contributed by atoms with Crippen LogP contribution in [-0.4, -0.2) is 0 Å². The van der Waals surface area contributed by atoms with Gasteiger partial charge in [-0.1, -0.05) is 38.5 Å². The van der Waals surface area contributed by atoms with Crippen LogP contribution in [0.2, 0.25) is 0 Å². The van der Waals surface area contributed by atoms with E-state index in [4.69, 9.17) is 0 Å². The lowest BCUT2D eigenvalue weighted by Gasteiger charge is -2.23. The number of rotatable bonds is 2. The first-order valence-electron chi connectivity index (χ1n) is 4.48. The Labute approximate surface area is 87.8 Å². The molecule has 0 aromatic carbocycles. The molecule has 0 aromatic heterocycles. The lowest BCUT2D eigenvalue weighted by molar-refractivity contribution is 0.501. The molecular weight excluding hydrogens is 176 g/mol. The van der Waals surface area contributed by atoms with Gasteiger partial charge in [-0.25, -0.2) is 0 Å². The third kappa shape index (κ3) is 3.86. The van der Waals surface area contributed by atoms with E-state index in [2.05, 4.69) is 46.9 Å². The average molecular weight is 196 g/mol. The largest absolute Gasteiger partial charge is 0.151 e. The molecular formula is C12H20S. The van der Waals surface area contributed by atoms with Crippen molar-refractivity contribution >= 4 is 12.6 Å². The molecule has 0 amide bonds. The minimum absolute atomic E-state index is 0.196. The van der Waals surface area contributed by atoms with Gasteiger partial charge in [0.05, 0.1) is 0 Å². The molecule has 74 valence electrons. The van der Waals surface area contributed by atoms with Gasteiger partial charge in [0.15, 0.2) is 0 Å². The zero-order valence-corrected chi connectivity index (χ0v) is 10.2. The minimum Gasteiger partial charge on any atom is -0.151 e. The summed E-state index contributed by atoms with van der Waals surface area (Å²) in [4.78, 5) is 0. The summed E-state index contributed by atoms with van der Waals surface area (Å²) in [5, 5.41) is 1.76. The van der Waals surface area contributed by atoms with E-state index in [1.54, 1.807) is 5.41 Å². The molecule has 0 aliphatic carbocycles. The third-order valence-electron chi connectivity index (χ3n) is 2.23. The highest BCUT2D eigenvalue weighted by molar-refractivity contribution is 7.83. The standard InChI is InChI=1S/C12H20S/c1-9(2)11(7-8-13)10(3)12(4,5)6/h7-8,13H,1H2,2-6H3/b8-7-,11-10-. The van der Waals surface area contributed by atoms with Crippen molar-refractivity contribution < 1.29 is 0 Å². The molecule has 0 radical (unpaired) electrons. The Morgan fingerprint density at radius 3 is 1.92 bits per heavy atom. The number of allylic oxidation sites excluding steroid dienone is 4. The summed E-state index contributed by atoms with van der Waals surface area (Å²) < 4.78 is 0. The van der Waals surface area contributed by atoms with Crippen LogP contribution in [0.1, 0.15) is 34.6 Å². The zero-order chi connectivity index (χ0) is 10.6. The van der Waals surface area contributed by atoms with Crippen molar-refractivity contribution in [1.29, 1.82) is 0 Å². The van der Waals surface area contributed by atoms with Crippen LogP contribution in [0, 0.1) is 5.41 Å². The van der Waals surface area contributed by atoms with Gasteiger partial charge in [0, 0.05) is 0 Å². The van der Waals surface area contributed by atoms with Gasteiger partial charge < -0.3 is 0 Å². The van der Waals surface area contributed by atoms with Crippen LogP contribution in [-0.2, 0) is 0 Å². The van der Waals surface area contributed by atoms with E-state index in [-0.39, 0.29) is 5.41 Å². The van der Waals surface area contributed by atoms with Crippen LogP contribution in [0.3, 0.4) is 0 Å². The van der Waals surface area contributed by atoms with E-state index in [1.165, 1.54) is 11.1 Å². The topological polar surface area (TPSA) is 0 Å². The fraction of sp³-hybridized carbons (Fsp3) is 0.500. The summed E-state index contributed by atoms with van der Waals surface area (Å²) in [7, 11) is 0. The average Bonchev–Trinajstić information content (AvgIpc) is 1.96. The van der Waals surface area contributed by atoms with E-state index in [0.29, 0.717) is 0 Å². The Kier molecular flexibility index (Phi) is 4.55. The highest BCUT2D eigenvalue weighted by Crippen LogP contribution is 2.30. The smallest absolute Gasteiger partial charge is 0.0167 e. The van der Waals surface area contributed by atoms with Crippen molar-refractivity contribution in [3.05, 3.63) is 34.8 Å². The first-order valence-corrected chi connectivity index (χ1v) is 5.00.